The molecule has 0 N–H and O–H groups in total. The molecule has 198 valence electrons. The summed E-state index contributed by atoms with van der Waals surface area (Å²) >= 11 is 0. The first-order chi connectivity index (χ1) is 18.1. The molecule has 1 fully saturated rings. The molecule has 3 aromatic heterocycles. The Labute approximate surface area is 219 Å². The Bertz CT molecular complexity index is 1670. The second kappa shape index (κ2) is 10.1. The molecule has 0 aliphatic carbocycles. The van der Waals surface area contributed by atoms with Crippen LogP contribution in [0.5, 0.6) is 11.8 Å². The Morgan fingerprint density at radius 2 is 1.76 bits per heavy atom. The molecule has 0 spiro atoms. The third kappa shape index (κ3) is 5.09. The number of aryl methyl sites for hydroxylation is 3. The van der Waals surface area contributed by atoms with Gasteiger partial charge < -0.3 is 18.2 Å². The Balaban J connectivity index is 1.56. The summed E-state index contributed by atoms with van der Waals surface area (Å²) in [5.41, 5.74) is 2.43. The molecule has 4 aromatic rings. The summed E-state index contributed by atoms with van der Waals surface area (Å²) < 4.78 is 44.6. The molecule has 12 heteroatoms. The van der Waals surface area contributed by atoms with Crippen LogP contribution in [-0.4, -0.2) is 46.6 Å². The first-order valence-electron chi connectivity index (χ1n) is 12.0. The van der Waals surface area contributed by atoms with Crippen molar-refractivity contribution in [2.75, 3.05) is 13.7 Å². The van der Waals surface area contributed by atoms with E-state index in [-0.39, 0.29) is 45.4 Å². The van der Waals surface area contributed by atoms with Gasteiger partial charge in [0.1, 0.15) is 16.4 Å². The first-order valence-corrected chi connectivity index (χ1v) is 13.4. The van der Waals surface area contributed by atoms with Crippen LogP contribution < -0.4 is 14.5 Å². The van der Waals surface area contributed by atoms with E-state index in [2.05, 4.69) is 19.9 Å². The average molecular weight is 538 g/mol. The number of fused-ring (bicyclic) bond motifs is 1. The molecule has 0 radical (unpaired) electrons. The number of aromatic nitrogens is 5. The van der Waals surface area contributed by atoms with Gasteiger partial charge in [-0.05, 0) is 50.5 Å². The standard InChI is InChI=1S/C26H27N5O6S/c1-15-5-8-19(9-6-15)38(33,34)37-26-22-24(27-16(2)25(28-22)35-4)29-23(30-26)17-11-12-36-20(13-17)18-7-10-21(32)31(3)14-18/h5-10,14,17,20H,11-13H2,1-4H3/t17-,20+/m0/s1. The maximum absolute atomic E-state index is 13.2. The van der Waals surface area contributed by atoms with Crippen LogP contribution in [0, 0.1) is 13.8 Å². The molecular formula is C26H27N5O6S. The smallest absolute Gasteiger partial charge is 0.340 e. The molecule has 2 atom stereocenters. The molecule has 1 aliphatic heterocycles. The fourth-order valence-corrected chi connectivity index (χ4v) is 5.25. The van der Waals surface area contributed by atoms with Gasteiger partial charge in [0.2, 0.25) is 11.4 Å². The van der Waals surface area contributed by atoms with Crippen LogP contribution in [0.15, 0.2) is 52.3 Å². The van der Waals surface area contributed by atoms with E-state index in [0.29, 0.717) is 31.0 Å². The van der Waals surface area contributed by atoms with E-state index in [1.165, 1.54) is 29.9 Å². The van der Waals surface area contributed by atoms with Crippen molar-refractivity contribution < 1.29 is 22.1 Å². The lowest BCUT2D eigenvalue weighted by atomic mass is 9.91. The van der Waals surface area contributed by atoms with Gasteiger partial charge in [-0.15, -0.1) is 0 Å². The predicted octanol–water partition coefficient (Wildman–Crippen LogP) is 3.15. The molecule has 1 saturated heterocycles. The zero-order chi connectivity index (χ0) is 27.0. The summed E-state index contributed by atoms with van der Waals surface area (Å²) in [6.45, 7) is 4.02. The van der Waals surface area contributed by atoms with Crippen molar-refractivity contribution in [2.45, 2.75) is 43.6 Å². The van der Waals surface area contributed by atoms with Crippen molar-refractivity contribution in [1.29, 1.82) is 0 Å². The topological polar surface area (TPSA) is 135 Å². The largest absolute Gasteiger partial charge is 0.480 e. The van der Waals surface area contributed by atoms with Crippen LogP contribution in [0.25, 0.3) is 11.2 Å². The second-order valence-electron chi connectivity index (χ2n) is 9.22. The average Bonchev–Trinajstić information content (AvgIpc) is 2.90. The fraction of sp³-hybridized carbons (Fsp3) is 0.346. The van der Waals surface area contributed by atoms with Crippen LogP contribution in [0.3, 0.4) is 0 Å². The van der Waals surface area contributed by atoms with Gasteiger partial charge in [0.25, 0.3) is 5.88 Å². The zero-order valence-electron chi connectivity index (χ0n) is 21.4. The van der Waals surface area contributed by atoms with Gasteiger partial charge in [0.05, 0.1) is 13.2 Å². The lowest BCUT2D eigenvalue weighted by Crippen LogP contribution is -2.23. The fourth-order valence-electron chi connectivity index (χ4n) is 4.36. The number of nitrogens with zero attached hydrogens (tertiary/aromatic N) is 5. The van der Waals surface area contributed by atoms with Crippen LogP contribution in [0.4, 0.5) is 0 Å². The highest BCUT2D eigenvalue weighted by atomic mass is 32.2. The minimum atomic E-state index is -4.22. The third-order valence-electron chi connectivity index (χ3n) is 6.47. The number of ether oxygens (including phenoxy) is 2. The molecule has 0 saturated carbocycles. The van der Waals surface area contributed by atoms with Gasteiger partial charge >= 0.3 is 10.1 Å². The van der Waals surface area contributed by atoms with E-state index in [4.69, 9.17) is 13.7 Å². The van der Waals surface area contributed by atoms with Crippen LogP contribution in [0.2, 0.25) is 0 Å². The Morgan fingerprint density at radius 3 is 2.47 bits per heavy atom. The first kappa shape index (κ1) is 25.7. The number of rotatable bonds is 6. The Hall–Kier alpha value is -3.90. The number of methoxy groups -OCH3 is 1. The van der Waals surface area contributed by atoms with Gasteiger partial charge in [-0.2, -0.15) is 13.4 Å². The minimum absolute atomic E-state index is 0.00994. The minimum Gasteiger partial charge on any atom is -0.480 e. The third-order valence-corrected chi connectivity index (χ3v) is 7.70. The Morgan fingerprint density at radius 1 is 1.00 bits per heavy atom. The normalized spacial score (nSPS) is 17.9. The molecule has 1 aliphatic rings. The lowest BCUT2D eigenvalue weighted by Gasteiger charge is -2.29. The van der Waals surface area contributed by atoms with E-state index in [1.54, 1.807) is 38.4 Å². The van der Waals surface area contributed by atoms with Crippen molar-refractivity contribution in [1.82, 2.24) is 24.5 Å². The predicted molar refractivity (Wildman–Crippen MR) is 138 cm³/mol. The second-order valence-corrected chi connectivity index (χ2v) is 10.8. The van der Waals surface area contributed by atoms with E-state index in [1.807, 2.05) is 6.92 Å². The maximum Gasteiger partial charge on any atom is 0.340 e. The number of benzene rings is 1. The summed E-state index contributed by atoms with van der Waals surface area (Å²) in [5, 5.41) is 0. The highest BCUT2D eigenvalue weighted by Crippen LogP contribution is 2.37. The van der Waals surface area contributed by atoms with Crippen molar-refractivity contribution >= 4 is 21.3 Å². The van der Waals surface area contributed by atoms with Crippen molar-refractivity contribution in [3.05, 3.63) is 75.6 Å². The SMILES string of the molecule is COc1nc2c(OS(=O)(=O)c3ccc(C)cc3)nc([C@H]3CCO[C@@H](c4ccc(=O)n(C)c4)C3)nc2nc1C. The highest BCUT2D eigenvalue weighted by molar-refractivity contribution is 7.87. The molecule has 0 amide bonds. The van der Waals surface area contributed by atoms with Gasteiger partial charge in [-0.25, -0.2) is 15.0 Å². The van der Waals surface area contributed by atoms with E-state index in [0.717, 1.165) is 11.1 Å². The van der Waals surface area contributed by atoms with Gasteiger partial charge in [-0.3, -0.25) is 4.79 Å². The van der Waals surface area contributed by atoms with Crippen molar-refractivity contribution in [3.8, 4) is 11.8 Å². The summed E-state index contributed by atoms with van der Waals surface area (Å²) in [4.78, 5) is 29.9. The van der Waals surface area contributed by atoms with Gasteiger partial charge in [-0.1, -0.05) is 17.7 Å². The molecule has 4 heterocycles. The molecular weight excluding hydrogens is 510 g/mol. The van der Waals surface area contributed by atoms with Crippen LogP contribution >= 0.6 is 0 Å². The monoisotopic (exact) mass is 537 g/mol. The summed E-state index contributed by atoms with van der Waals surface area (Å²) in [7, 11) is -1.08. The van der Waals surface area contributed by atoms with Crippen molar-refractivity contribution in [2.24, 2.45) is 7.05 Å². The molecule has 38 heavy (non-hydrogen) atoms. The maximum atomic E-state index is 13.2. The van der Waals surface area contributed by atoms with E-state index >= 15 is 0 Å². The molecule has 1 aromatic carbocycles. The molecule has 0 unspecified atom stereocenters. The zero-order valence-corrected chi connectivity index (χ0v) is 22.2. The molecule has 11 nitrogen and oxygen atoms in total. The van der Waals surface area contributed by atoms with E-state index in [9.17, 15) is 13.2 Å². The number of pyridine rings is 1. The summed E-state index contributed by atoms with van der Waals surface area (Å²) in [6, 6.07) is 9.58. The summed E-state index contributed by atoms with van der Waals surface area (Å²) in [6.07, 6.45) is 2.60. The lowest BCUT2D eigenvalue weighted by molar-refractivity contribution is 0.00358. The van der Waals surface area contributed by atoms with Crippen LogP contribution in [-0.2, 0) is 21.9 Å². The number of hydrogen-bond donors (Lipinski definition) is 0. The molecule has 5 rings (SSSR count). The van der Waals surface area contributed by atoms with Gasteiger partial charge in [0.15, 0.2) is 11.2 Å². The van der Waals surface area contributed by atoms with E-state index < -0.39 is 10.1 Å². The molecule has 0 bridgehead atoms. The highest BCUT2D eigenvalue weighted by Gasteiger charge is 2.30. The number of hydrogen-bond acceptors (Lipinski definition) is 10. The van der Waals surface area contributed by atoms with Crippen LogP contribution in [0.1, 0.15) is 47.5 Å². The summed E-state index contributed by atoms with van der Waals surface area (Å²) in [5.74, 6) is 0.196. The quantitative estimate of drug-likeness (QED) is 0.337. The Kier molecular flexibility index (Phi) is 6.84. The van der Waals surface area contributed by atoms with Gasteiger partial charge in [0, 0.05) is 31.8 Å². The van der Waals surface area contributed by atoms with Crippen molar-refractivity contribution in [3.63, 3.8) is 0 Å².